The Labute approximate surface area is 223 Å². The molecule has 0 spiro atoms. The lowest BCUT2D eigenvalue weighted by atomic mass is 9.84. The van der Waals surface area contributed by atoms with Crippen molar-refractivity contribution in [2.45, 2.75) is 71.1 Å². The minimum atomic E-state index is 0.216. The second kappa shape index (κ2) is 8.07. The van der Waals surface area contributed by atoms with Gasteiger partial charge < -0.3 is 0 Å². The molecule has 0 radical (unpaired) electrons. The van der Waals surface area contributed by atoms with Crippen LogP contribution in [0.3, 0.4) is 0 Å². The summed E-state index contributed by atoms with van der Waals surface area (Å²) in [5.41, 5.74) is 7.68. The lowest BCUT2D eigenvalue weighted by molar-refractivity contribution is -0.659. The quantitative estimate of drug-likeness (QED) is 0.166. The molecule has 6 rings (SSSR count). The van der Waals surface area contributed by atoms with Crippen LogP contribution in [-0.4, -0.2) is 0 Å². The fraction of sp³-hybridized carbons (Fsp3) is 0.364. The summed E-state index contributed by atoms with van der Waals surface area (Å²) in [4.78, 5) is 2.89. The van der Waals surface area contributed by atoms with Crippen LogP contribution in [0.4, 0.5) is 0 Å². The van der Waals surface area contributed by atoms with Crippen LogP contribution in [0.25, 0.3) is 42.9 Å². The van der Waals surface area contributed by atoms with Crippen LogP contribution in [-0.2, 0) is 19.9 Å². The average molecular weight is 511 g/mol. The molecule has 1 aliphatic rings. The van der Waals surface area contributed by atoms with E-state index in [-0.39, 0.29) is 10.8 Å². The van der Waals surface area contributed by atoms with E-state index in [0.717, 1.165) is 12.8 Å². The number of hydrogen-bond acceptors (Lipinski definition) is 2. The Morgan fingerprint density at radius 1 is 0.806 bits per heavy atom. The fourth-order valence-corrected chi connectivity index (χ4v) is 8.40. The first-order valence-corrected chi connectivity index (χ1v) is 14.7. The third-order valence-corrected chi connectivity index (χ3v) is 9.66. The summed E-state index contributed by atoms with van der Waals surface area (Å²) in [7, 11) is 2.22. The highest BCUT2D eigenvalue weighted by Crippen LogP contribution is 2.54. The molecule has 1 nitrogen and oxygen atoms in total. The van der Waals surface area contributed by atoms with Gasteiger partial charge in [-0.3, -0.25) is 0 Å². The second-order valence-electron chi connectivity index (χ2n) is 13.0. The van der Waals surface area contributed by atoms with Gasteiger partial charge in [-0.1, -0.05) is 71.5 Å². The summed E-state index contributed by atoms with van der Waals surface area (Å²) in [5.74, 6) is 0. The summed E-state index contributed by atoms with van der Waals surface area (Å²) >= 11 is 3.92. The molecule has 0 saturated carbocycles. The van der Waals surface area contributed by atoms with E-state index in [2.05, 4.69) is 108 Å². The summed E-state index contributed by atoms with van der Waals surface area (Å²) < 4.78 is 3.80. The highest BCUT2D eigenvalue weighted by molar-refractivity contribution is 8.00. The standard InChI is InChI=1S/C33H36NS2/c1-19-26-28-27-21(11-13-34(28)8)16-22-15-20(17-32(2,3)4)9-10-23(22)30(27)36-31(26)25(18-33(5,6)7)24-12-14-35-29(19)24/h9-16H,17-18H2,1-8H3/q+1. The predicted molar refractivity (Wildman–Crippen MR) is 159 cm³/mol. The lowest BCUT2D eigenvalue weighted by Gasteiger charge is -2.27. The Hall–Kier alpha value is -2.36. The summed E-state index contributed by atoms with van der Waals surface area (Å²) in [5, 5.41) is 9.23. The van der Waals surface area contributed by atoms with Crippen molar-refractivity contribution >= 4 is 54.7 Å². The maximum atomic E-state index is 2.43. The van der Waals surface area contributed by atoms with Crippen molar-refractivity contribution in [3.05, 3.63) is 64.7 Å². The molecule has 0 N–H and O–H groups in total. The minimum Gasteiger partial charge on any atom is -0.200 e. The minimum absolute atomic E-state index is 0.216. The molecule has 0 aliphatic carbocycles. The Kier molecular flexibility index (Phi) is 5.38. The van der Waals surface area contributed by atoms with Crippen molar-refractivity contribution in [1.29, 1.82) is 0 Å². The van der Waals surface area contributed by atoms with Crippen molar-refractivity contribution in [2.24, 2.45) is 17.9 Å². The average Bonchev–Trinajstić information content (AvgIpc) is 3.26. The number of benzene rings is 3. The van der Waals surface area contributed by atoms with Crippen molar-refractivity contribution in [2.75, 3.05) is 0 Å². The van der Waals surface area contributed by atoms with Gasteiger partial charge in [-0.15, -0.1) is 11.3 Å². The Bertz CT molecular complexity index is 1690. The van der Waals surface area contributed by atoms with Gasteiger partial charge in [0.2, 0.25) is 5.69 Å². The van der Waals surface area contributed by atoms with Crippen LogP contribution in [0.5, 0.6) is 0 Å². The van der Waals surface area contributed by atoms with E-state index in [1.54, 1.807) is 0 Å². The van der Waals surface area contributed by atoms with Crippen LogP contribution in [0.2, 0.25) is 0 Å². The monoisotopic (exact) mass is 510 g/mol. The molecule has 3 heterocycles. The molecule has 1 aliphatic heterocycles. The summed E-state index contributed by atoms with van der Waals surface area (Å²) in [6, 6.07) is 14.3. The van der Waals surface area contributed by atoms with E-state index in [9.17, 15) is 0 Å². The zero-order valence-electron chi connectivity index (χ0n) is 22.8. The van der Waals surface area contributed by atoms with Gasteiger partial charge in [-0.05, 0) is 86.3 Å². The largest absolute Gasteiger partial charge is 0.222 e. The number of thiophene rings is 1. The molecule has 184 valence electrons. The Morgan fingerprint density at radius 3 is 2.28 bits per heavy atom. The number of fused-ring (bicyclic) bond motifs is 5. The topological polar surface area (TPSA) is 3.88 Å². The van der Waals surface area contributed by atoms with Crippen LogP contribution in [0.1, 0.15) is 58.2 Å². The van der Waals surface area contributed by atoms with Gasteiger partial charge in [0, 0.05) is 20.6 Å². The maximum absolute atomic E-state index is 2.43. The molecule has 0 fully saturated rings. The summed E-state index contributed by atoms with van der Waals surface area (Å²) in [6.45, 7) is 16.4. The first-order valence-electron chi connectivity index (χ1n) is 13.0. The maximum Gasteiger partial charge on any atom is 0.222 e. The first-order chi connectivity index (χ1) is 16.9. The molecule has 0 unspecified atom stereocenters. The molecule has 3 aromatic carbocycles. The van der Waals surface area contributed by atoms with Crippen molar-refractivity contribution < 1.29 is 4.57 Å². The zero-order chi connectivity index (χ0) is 25.6. The van der Waals surface area contributed by atoms with Gasteiger partial charge in [0.1, 0.15) is 7.05 Å². The molecule has 0 bridgehead atoms. The molecule has 0 atom stereocenters. The number of aromatic nitrogens is 1. The summed E-state index contributed by atoms with van der Waals surface area (Å²) in [6.07, 6.45) is 4.42. The third kappa shape index (κ3) is 3.87. The predicted octanol–water partition coefficient (Wildman–Crippen LogP) is 9.65. The Balaban J connectivity index is 1.71. The van der Waals surface area contributed by atoms with Crippen molar-refractivity contribution in [3.8, 4) is 11.3 Å². The molecule has 2 aromatic heterocycles. The number of nitrogens with zero attached hydrogens (tertiary/aromatic N) is 1. The Morgan fingerprint density at radius 2 is 1.56 bits per heavy atom. The normalized spacial score (nSPS) is 13.7. The van der Waals surface area contributed by atoms with Gasteiger partial charge in [0.05, 0.1) is 10.9 Å². The number of pyridine rings is 1. The SMILES string of the molecule is Cc1c2c(c(CC(C)(C)C)c3ccsc13)Sc1c3ccc(CC(C)(C)C)cc3cc3cc[n+](C)c-2c13. The molecule has 36 heavy (non-hydrogen) atoms. The molecular formula is C33H36NS2+. The molecular weight excluding hydrogens is 475 g/mol. The number of rotatable bonds is 2. The third-order valence-electron chi connectivity index (χ3n) is 7.34. The highest BCUT2D eigenvalue weighted by Gasteiger charge is 2.34. The number of aryl methyl sites for hydroxylation is 2. The smallest absolute Gasteiger partial charge is 0.200 e. The van der Waals surface area contributed by atoms with Crippen LogP contribution < -0.4 is 4.57 Å². The zero-order valence-corrected chi connectivity index (χ0v) is 24.4. The highest BCUT2D eigenvalue weighted by atomic mass is 32.2. The van der Waals surface area contributed by atoms with Gasteiger partial charge >= 0.3 is 0 Å². The van der Waals surface area contributed by atoms with Crippen molar-refractivity contribution in [1.82, 2.24) is 0 Å². The van der Waals surface area contributed by atoms with E-state index in [4.69, 9.17) is 0 Å². The fourth-order valence-electron chi connectivity index (χ4n) is 5.99. The van der Waals surface area contributed by atoms with Gasteiger partial charge in [-0.25, -0.2) is 4.57 Å². The van der Waals surface area contributed by atoms with Gasteiger partial charge in [0.25, 0.3) is 0 Å². The molecule has 5 aromatic rings. The van der Waals surface area contributed by atoms with Crippen LogP contribution in [0.15, 0.2) is 57.8 Å². The lowest BCUT2D eigenvalue weighted by Crippen LogP contribution is -2.32. The molecule has 3 heteroatoms. The van der Waals surface area contributed by atoms with E-state index >= 15 is 0 Å². The first kappa shape index (κ1) is 24.0. The second-order valence-corrected chi connectivity index (χ2v) is 15.0. The van der Waals surface area contributed by atoms with Crippen molar-refractivity contribution in [3.63, 3.8) is 0 Å². The van der Waals surface area contributed by atoms with Gasteiger partial charge in [-0.2, -0.15) is 0 Å². The van der Waals surface area contributed by atoms with E-state index < -0.39 is 0 Å². The van der Waals surface area contributed by atoms with Crippen LogP contribution >= 0.6 is 23.1 Å². The van der Waals surface area contributed by atoms with E-state index in [1.807, 2.05) is 23.1 Å². The van der Waals surface area contributed by atoms with E-state index in [0.29, 0.717) is 0 Å². The number of hydrogen-bond donors (Lipinski definition) is 0. The van der Waals surface area contributed by atoms with Crippen LogP contribution in [0, 0.1) is 17.8 Å². The van der Waals surface area contributed by atoms with Gasteiger partial charge in [0.15, 0.2) is 6.20 Å². The molecule has 0 saturated heterocycles. The van der Waals surface area contributed by atoms with E-state index in [1.165, 1.54) is 69.4 Å². The molecule has 0 amide bonds.